The highest BCUT2D eigenvalue weighted by atomic mass is 32.1. The first kappa shape index (κ1) is 31.6. The first-order chi connectivity index (χ1) is 27.7. The lowest BCUT2D eigenvalue weighted by atomic mass is 9.98. The number of hydrogen-bond donors (Lipinski definition) is 0. The van der Waals surface area contributed by atoms with Crippen LogP contribution < -0.4 is 4.90 Å². The smallest absolute Gasteiger partial charge is 0.143 e. The van der Waals surface area contributed by atoms with Crippen LogP contribution in [0.5, 0.6) is 0 Å². The molecule has 4 heteroatoms. The number of benzene rings is 9. The third-order valence-corrected chi connectivity index (χ3v) is 13.5. The molecular weight excluding hydrogens is 719 g/mol. The quantitative estimate of drug-likeness (QED) is 0.174. The third kappa shape index (κ3) is 4.86. The Morgan fingerprint density at radius 3 is 1.70 bits per heavy atom. The summed E-state index contributed by atoms with van der Waals surface area (Å²) in [5, 5.41) is 9.62. The Bertz CT molecular complexity index is 3480. The highest BCUT2D eigenvalue weighted by Gasteiger charge is 2.22. The molecule has 56 heavy (non-hydrogen) atoms. The summed E-state index contributed by atoms with van der Waals surface area (Å²) in [6.07, 6.45) is 0. The first-order valence-corrected chi connectivity index (χ1v) is 20.5. The van der Waals surface area contributed by atoms with E-state index in [1.807, 2.05) is 22.7 Å². The van der Waals surface area contributed by atoms with Crippen LogP contribution in [-0.4, -0.2) is 0 Å². The van der Waals surface area contributed by atoms with Gasteiger partial charge in [0, 0.05) is 78.8 Å². The summed E-state index contributed by atoms with van der Waals surface area (Å²) in [6, 6.07) is 68.4. The molecule has 0 aliphatic carbocycles. The molecule has 0 amide bonds. The van der Waals surface area contributed by atoms with Gasteiger partial charge in [-0.3, -0.25) is 0 Å². The van der Waals surface area contributed by atoms with Gasteiger partial charge in [-0.05, 0) is 71.3 Å². The summed E-state index contributed by atoms with van der Waals surface area (Å²) < 4.78 is 12.2. The van der Waals surface area contributed by atoms with Crippen molar-refractivity contribution in [3.8, 4) is 22.3 Å². The Kier molecular flexibility index (Phi) is 7.00. The van der Waals surface area contributed by atoms with E-state index in [0.29, 0.717) is 0 Å². The van der Waals surface area contributed by atoms with Gasteiger partial charge in [-0.1, -0.05) is 133 Å². The lowest BCUT2D eigenvalue weighted by Gasteiger charge is -2.27. The van der Waals surface area contributed by atoms with Gasteiger partial charge in [-0.25, -0.2) is 0 Å². The predicted molar refractivity (Wildman–Crippen MR) is 243 cm³/mol. The fourth-order valence-corrected chi connectivity index (χ4v) is 10.8. The van der Waals surface area contributed by atoms with Crippen molar-refractivity contribution < 1.29 is 4.42 Å². The highest BCUT2D eigenvalue weighted by Crippen LogP contribution is 2.48. The van der Waals surface area contributed by atoms with E-state index in [2.05, 4.69) is 193 Å². The molecule has 12 rings (SSSR count). The van der Waals surface area contributed by atoms with Gasteiger partial charge in [0.2, 0.25) is 0 Å². The van der Waals surface area contributed by atoms with E-state index in [1.165, 1.54) is 51.5 Å². The molecule has 0 aliphatic rings. The van der Waals surface area contributed by atoms with Crippen LogP contribution in [-0.2, 0) is 0 Å². The Balaban J connectivity index is 1.09. The van der Waals surface area contributed by atoms with Gasteiger partial charge in [0.15, 0.2) is 0 Å². The Morgan fingerprint density at radius 2 is 0.893 bits per heavy atom. The summed E-state index contributed by atoms with van der Waals surface area (Å²) in [4.78, 5) is 2.43. The molecule has 2 nitrogen and oxygen atoms in total. The minimum Gasteiger partial charge on any atom is -0.455 e. The van der Waals surface area contributed by atoms with Crippen molar-refractivity contribution in [2.24, 2.45) is 0 Å². The monoisotopic (exact) mass is 749 g/mol. The van der Waals surface area contributed by atoms with Crippen LogP contribution in [0.15, 0.2) is 192 Å². The number of para-hydroxylation sites is 1. The molecule has 3 aromatic heterocycles. The van der Waals surface area contributed by atoms with Crippen LogP contribution in [0.3, 0.4) is 0 Å². The zero-order chi connectivity index (χ0) is 36.7. The second kappa shape index (κ2) is 12.4. The fraction of sp³-hybridized carbons (Fsp3) is 0. The van der Waals surface area contributed by atoms with Crippen molar-refractivity contribution >= 4 is 113 Å². The lowest BCUT2D eigenvalue weighted by Crippen LogP contribution is -2.10. The van der Waals surface area contributed by atoms with E-state index in [1.54, 1.807) is 0 Å². The molecule has 0 atom stereocenters. The molecule has 0 aliphatic heterocycles. The molecule has 9 aromatic carbocycles. The zero-order valence-corrected chi connectivity index (χ0v) is 31.7. The van der Waals surface area contributed by atoms with Crippen LogP contribution in [0.25, 0.3) is 95.3 Å². The zero-order valence-electron chi connectivity index (χ0n) is 30.1. The number of anilines is 3. The van der Waals surface area contributed by atoms with Crippen molar-refractivity contribution in [3.05, 3.63) is 188 Å². The standard InChI is InChI=1S/C52H31NOS2/c1-2-11-32(12-3-1)33-21-24-35(25-22-33)53(36-26-27-41-39-14-6-8-19-47(39)56-50(41)30-36)46-31-45-43-18-10-17-37(51(43)54-52(45)42-16-5-4-13-38(42)46)34-23-28-49-44(29-34)40-15-7-9-20-48(40)55-49/h1-31H. The average Bonchev–Trinajstić information content (AvgIpc) is 3.95. The molecule has 0 saturated heterocycles. The number of hydrogen-bond acceptors (Lipinski definition) is 4. The molecular formula is C52H31NOS2. The molecule has 0 bridgehead atoms. The van der Waals surface area contributed by atoms with E-state index < -0.39 is 0 Å². The maximum absolute atomic E-state index is 7.02. The van der Waals surface area contributed by atoms with Gasteiger partial charge in [0.1, 0.15) is 11.2 Å². The summed E-state index contributed by atoms with van der Waals surface area (Å²) in [5.41, 5.74) is 9.80. The van der Waals surface area contributed by atoms with Gasteiger partial charge in [0.25, 0.3) is 0 Å². The minimum absolute atomic E-state index is 0.910. The number of thiophene rings is 2. The minimum atomic E-state index is 0.910. The van der Waals surface area contributed by atoms with Crippen molar-refractivity contribution in [1.29, 1.82) is 0 Å². The summed E-state index contributed by atoms with van der Waals surface area (Å²) in [6.45, 7) is 0. The van der Waals surface area contributed by atoms with Gasteiger partial charge in [0.05, 0.1) is 5.69 Å². The lowest BCUT2D eigenvalue weighted by molar-refractivity contribution is 0.674. The van der Waals surface area contributed by atoms with E-state index in [4.69, 9.17) is 4.42 Å². The average molecular weight is 750 g/mol. The molecule has 262 valence electrons. The topological polar surface area (TPSA) is 16.4 Å². The Morgan fingerprint density at radius 1 is 0.321 bits per heavy atom. The Labute approximate surface area is 330 Å². The molecule has 0 radical (unpaired) electrons. The third-order valence-electron chi connectivity index (χ3n) is 11.3. The van der Waals surface area contributed by atoms with Crippen LogP contribution in [0.2, 0.25) is 0 Å². The van der Waals surface area contributed by atoms with Crippen molar-refractivity contribution in [3.63, 3.8) is 0 Å². The van der Waals surface area contributed by atoms with Crippen LogP contribution in [0.1, 0.15) is 0 Å². The van der Waals surface area contributed by atoms with Gasteiger partial charge in [-0.2, -0.15) is 0 Å². The van der Waals surface area contributed by atoms with Crippen molar-refractivity contribution in [2.45, 2.75) is 0 Å². The second-order valence-corrected chi connectivity index (χ2v) is 16.6. The van der Waals surface area contributed by atoms with Crippen LogP contribution in [0, 0.1) is 0 Å². The van der Waals surface area contributed by atoms with Crippen molar-refractivity contribution in [2.75, 3.05) is 4.90 Å². The number of rotatable bonds is 5. The SMILES string of the molecule is c1ccc(-c2ccc(N(c3ccc4c(c3)sc3ccccc34)c3cc4c5cccc(-c6ccc7sc8ccccc8c7c6)c5oc4c4ccccc34)cc2)cc1. The van der Waals surface area contributed by atoms with Crippen LogP contribution in [0.4, 0.5) is 17.1 Å². The molecule has 0 saturated carbocycles. The molecule has 3 heterocycles. The number of fused-ring (bicyclic) bond motifs is 11. The number of furan rings is 1. The van der Waals surface area contributed by atoms with E-state index in [-0.39, 0.29) is 0 Å². The highest BCUT2D eigenvalue weighted by molar-refractivity contribution is 7.26. The van der Waals surface area contributed by atoms with Crippen LogP contribution >= 0.6 is 22.7 Å². The van der Waals surface area contributed by atoms with Crippen molar-refractivity contribution in [1.82, 2.24) is 0 Å². The summed E-state index contributed by atoms with van der Waals surface area (Å²) in [7, 11) is 0. The molecule has 0 N–H and O–H groups in total. The van der Waals surface area contributed by atoms with Gasteiger partial charge >= 0.3 is 0 Å². The van der Waals surface area contributed by atoms with E-state index in [9.17, 15) is 0 Å². The normalized spacial score (nSPS) is 11.9. The summed E-state index contributed by atoms with van der Waals surface area (Å²) >= 11 is 3.70. The van der Waals surface area contributed by atoms with E-state index in [0.717, 1.165) is 60.9 Å². The second-order valence-electron chi connectivity index (χ2n) is 14.4. The molecule has 12 aromatic rings. The summed E-state index contributed by atoms with van der Waals surface area (Å²) in [5.74, 6) is 0. The molecule has 0 spiro atoms. The predicted octanol–water partition coefficient (Wildman–Crippen LogP) is 16.3. The van der Waals surface area contributed by atoms with E-state index >= 15 is 0 Å². The van der Waals surface area contributed by atoms with Gasteiger partial charge in [-0.15, -0.1) is 22.7 Å². The van der Waals surface area contributed by atoms with Gasteiger partial charge < -0.3 is 9.32 Å². The molecule has 0 fully saturated rings. The first-order valence-electron chi connectivity index (χ1n) is 18.9. The fourth-order valence-electron chi connectivity index (χ4n) is 8.62. The number of nitrogens with zero attached hydrogens (tertiary/aromatic N) is 1. The maximum atomic E-state index is 7.02. The molecule has 0 unspecified atom stereocenters. The maximum Gasteiger partial charge on any atom is 0.143 e. The Hall–Kier alpha value is -6.72. The largest absolute Gasteiger partial charge is 0.455 e.